The van der Waals surface area contributed by atoms with Crippen LogP contribution in [0.5, 0.6) is 0 Å². The second kappa shape index (κ2) is 7.86. The van der Waals surface area contributed by atoms with Crippen LogP contribution in [-0.4, -0.2) is 24.4 Å². The Morgan fingerprint density at radius 1 is 1.11 bits per heavy atom. The molecule has 0 spiro atoms. The molecule has 6 nitrogen and oxygen atoms in total. The first kappa shape index (κ1) is 20.2. The molecule has 0 fully saturated rings. The standard InChI is InChI=1S/C18H19F3N4O2S/c1-23-11-22-15-14(23)16(26)25(17(27)24(15)2)8-3-9-28-10-12-4-6-13(7-5-12)18(19,20)21/h4-7,11H,3,8-10H2,1-2H3. The number of alkyl halides is 3. The van der Waals surface area contributed by atoms with Crippen LogP contribution >= 0.6 is 11.8 Å². The highest BCUT2D eigenvalue weighted by Gasteiger charge is 2.29. The fraction of sp³-hybridized carbons (Fsp3) is 0.389. The monoisotopic (exact) mass is 412 g/mol. The third kappa shape index (κ3) is 4.01. The Balaban J connectivity index is 1.60. The maximum atomic E-state index is 12.6. The predicted molar refractivity (Wildman–Crippen MR) is 102 cm³/mol. The zero-order chi connectivity index (χ0) is 20.5. The lowest BCUT2D eigenvalue weighted by molar-refractivity contribution is -0.137. The number of thioether (sulfide) groups is 1. The zero-order valence-electron chi connectivity index (χ0n) is 15.4. The van der Waals surface area contributed by atoms with Gasteiger partial charge in [-0.05, 0) is 29.9 Å². The van der Waals surface area contributed by atoms with Gasteiger partial charge in [0.1, 0.15) is 0 Å². The number of aryl methyl sites for hydroxylation is 2. The number of hydrogen-bond acceptors (Lipinski definition) is 4. The van der Waals surface area contributed by atoms with Crippen molar-refractivity contribution < 1.29 is 13.2 Å². The third-order valence-corrected chi connectivity index (χ3v) is 5.54. The summed E-state index contributed by atoms with van der Waals surface area (Å²) >= 11 is 1.54. The molecule has 2 heterocycles. The zero-order valence-corrected chi connectivity index (χ0v) is 16.2. The van der Waals surface area contributed by atoms with Gasteiger partial charge in [0.2, 0.25) is 0 Å². The van der Waals surface area contributed by atoms with Crippen molar-refractivity contribution in [2.24, 2.45) is 14.1 Å². The lowest BCUT2D eigenvalue weighted by Crippen LogP contribution is -2.39. The molecule has 0 amide bonds. The molecule has 3 aromatic rings. The van der Waals surface area contributed by atoms with Crippen LogP contribution in [0.3, 0.4) is 0 Å². The van der Waals surface area contributed by atoms with Gasteiger partial charge < -0.3 is 4.57 Å². The maximum Gasteiger partial charge on any atom is 0.416 e. The second-order valence-corrected chi connectivity index (χ2v) is 7.53. The van der Waals surface area contributed by atoms with Gasteiger partial charge in [-0.3, -0.25) is 13.9 Å². The molecule has 3 rings (SSSR count). The normalized spacial score (nSPS) is 12.0. The SMILES string of the molecule is Cn1cnc2c1c(=O)n(CCCSCc1ccc(C(F)(F)F)cc1)c(=O)n2C. The molecule has 0 bridgehead atoms. The van der Waals surface area contributed by atoms with Crippen molar-refractivity contribution in [2.45, 2.75) is 24.9 Å². The van der Waals surface area contributed by atoms with Gasteiger partial charge in [-0.15, -0.1) is 0 Å². The van der Waals surface area contributed by atoms with E-state index in [-0.39, 0.29) is 12.1 Å². The van der Waals surface area contributed by atoms with Crippen LogP contribution in [0.1, 0.15) is 17.5 Å². The Bertz CT molecular complexity index is 1100. The molecule has 10 heteroatoms. The highest BCUT2D eigenvalue weighted by Crippen LogP contribution is 2.29. The molecule has 0 unspecified atom stereocenters. The average molecular weight is 412 g/mol. The lowest BCUT2D eigenvalue weighted by Gasteiger charge is -2.09. The number of nitrogens with zero attached hydrogens (tertiary/aromatic N) is 4. The van der Waals surface area contributed by atoms with Gasteiger partial charge in [-0.1, -0.05) is 12.1 Å². The van der Waals surface area contributed by atoms with E-state index in [2.05, 4.69) is 4.98 Å². The Kier molecular flexibility index (Phi) is 5.69. The summed E-state index contributed by atoms with van der Waals surface area (Å²) in [6, 6.07) is 5.07. The first-order valence-corrected chi connectivity index (χ1v) is 9.70. The Morgan fingerprint density at radius 3 is 2.43 bits per heavy atom. The number of rotatable bonds is 6. The first-order chi connectivity index (χ1) is 13.2. The summed E-state index contributed by atoms with van der Waals surface area (Å²) in [6.07, 6.45) is -2.25. The van der Waals surface area contributed by atoms with Crippen molar-refractivity contribution in [2.75, 3.05) is 5.75 Å². The van der Waals surface area contributed by atoms with Crippen molar-refractivity contribution >= 4 is 22.9 Å². The van der Waals surface area contributed by atoms with Gasteiger partial charge in [0, 0.05) is 26.4 Å². The molecule has 0 saturated carbocycles. The molecule has 0 saturated heterocycles. The molecule has 0 atom stereocenters. The third-order valence-electron chi connectivity index (χ3n) is 4.42. The minimum absolute atomic E-state index is 0.270. The average Bonchev–Trinajstić information content (AvgIpc) is 3.03. The van der Waals surface area contributed by atoms with Gasteiger partial charge in [0.05, 0.1) is 11.9 Å². The van der Waals surface area contributed by atoms with E-state index in [1.807, 2.05) is 0 Å². The summed E-state index contributed by atoms with van der Waals surface area (Å²) < 4.78 is 41.8. The van der Waals surface area contributed by atoms with Crippen LogP contribution in [0.25, 0.3) is 11.2 Å². The lowest BCUT2D eigenvalue weighted by atomic mass is 10.1. The topological polar surface area (TPSA) is 61.8 Å². The molecule has 0 N–H and O–H groups in total. The van der Waals surface area contributed by atoms with Gasteiger partial charge in [-0.25, -0.2) is 9.78 Å². The summed E-state index contributed by atoms with van der Waals surface area (Å²) in [7, 11) is 3.28. The summed E-state index contributed by atoms with van der Waals surface area (Å²) in [4.78, 5) is 29.0. The Hall–Kier alpha value is -2.49. The number of imidazole rings is 1. The summed E-state index contributed by atoms with van der Waals surface area (Å²) in [6.45, 7) is 0.270. The van der Waals surface area contributed by atoms with Crippen molar-refractivity contribution in [1.29, 1.82) is 0 Å². The van der Waals surface area contributed by atoms with Crippen LogP contribution in [-0.2, 0) is 32.6 Å². The fourth-order valence-corrected chi connectivity index (χ4v) is 3.80. The second-order valence-electron chi connectivity index (χ2n) is 6.43. The number of halogens is 3. The smallest absolute Gasteiger partial charge is 0.328 e. The van der Waals surface area contributed by atoms with Gasteiger partial charge >= 0.3 is 11.9 Å². The van der Waals surface area contributed by atoms with Crippen molar-refractivity contribution in [3.8, 4) is 0 Å². The molecular formula is C18H19F3N4O2S. The Morgan fingerprint density at radius 2 is 1.79 bits per heavy atom. The predicted octanol–water partition coefficient (Wildman–Crippen LogP) is 2.78. The molecule has 0 aliphatic heterocycles. The quantitative estimate of drug-likeness (QED) is 0.584. The molecule has 2 aromatic heterocycles. The molecule has 0 aliphatic rings. The highest BCUT2D eigenvalue weighted by molar-refractivity contribution is 7.98. The number of hydrogen-bond donors (Lipinski definition) is 0. The molecule has 28 heavy (non-hydrogen) atoms. The van der Waals surface area contributed by atoms with E-state index in [9.17, 15) is 22.8 Å². The molecule has 0 aliphatic carbocycles. The van der Waals surface area contributed by atoms with Gasteiger partial charge in [-0.2, -0.15) is 24.9 Å². The van der Waals surface area contributed by atoms with Crippen molar-refractivity contribution in [3.63, 3.8) is 0 Å². The van der Waals surface area contributed by atoms with Gasteiger partial charge in [0.25, 0.3) is 5.56 Å². The number of fused-ring (bicyclic) bond motifs is 1. The first-order valence-electron chi connectivity index (χ1n) is 8.55. The van der Waals surface area contributed by atoms with Crippen LogP contribution in [0, 0.1) is 0 Å². The molecular weight excluding hydrogens is 393 g/mol. The van der Waals surface area contributed by atoms with E-state index >= 15 is 0 Å². The molecule has 150 valence electrons. The van der Waals surface area contributed by atoms with Crippen LogP contribution < -0.4 is 11.2 Å². The van der Waals surface area contributed by atoms with Crippen molar-refractivity contribution in [3.05, 3.63) is 62.6 Å². The molecule has 0 radical (unpaired) electrons. The Labute approximate surface area is 162 Å². The number of aromatic nitrogens is 4. The van der Waals surface area contributed by atoms with E-state index in [0.29, 0.717) is 29.1 Å². The maximum absolute atomic E-state index is 12.6. The minimum atomic E-state index is -4.33. The van der Waals surface area contributed by atoms with Crippen LogP contribution in [0.15, 0.2) is 40.2 Å². The van der Waals surface area contributed by atoms with E-state index in [1.54, 1.807) is 30.4 Å². The van der Waals surface area contributed by atoms with Gasteiger partial charge in [0.15, 0.2) is 11.2 Å². The van der Waals surface area contributed by atoms with Crippen LogP contribution in [0.2, 0.25) is 0 Å². The number of benzene rings is 1. The van der Waals surface area contributed by atoms with E-state index in [1.165, 1.54) is 27.6 Å². The van der Waals surface area contributed by atoms with E-state index < -0.39 is 17.4 Å². The summed E-state index contributed by atoms with van der Waals surface area (Å²) in [5.74, 6) is 1.23. The summed E-state index contributed by atoms with van der Waals surface area (Å²) in [5.41, 5.74) is 0.0733. The highest BCUT2D eigenvalue weighted by atomic mass is 32.2. The molecule has 1 aromatic carbocycles. The summed E-state index contributed by atoms with van der Waals surface area (Å²) in [5, 5.41) is 0. The van der Waals surface area contributed by atoms with Crippen LogP contribution in [0.4, 0.5) is 13.2 Å². The van der Waals surface area contributed by atoms with E-state index in [0.717, 1.165) is 17.7 Å². The largest absolute Gasteiger partial charge is 0.416 e. The fourth-order valence-electron chi connectivity index (χ4n) is 2.90. The minimum Gasteiger partial charge on any atom is -0.328 e. The van der Waals surface area contributed by atoms with Crippen molar-refractivity contribution in [1.82, 2.24) is 18.7 Å². The van der Waals surface area contributed by atoms with E-state index in [4.69, 9.17) is 0 Å².